The van der Waals surface area contributed by atoms with Crippen molar-refractivity contribution in [2.75, 3.05) is 0 Å². The van der Waals surface area contributed by atoms with Crippen LogP contribution in [0.4, 0.5) is 0 Å². The quantitative estimate of drug-likeness (QED) is 0.754. The normalized spacial score (nSPS) is 10.8. The number of hydrogen-bond donors (Lipinski definition) is 0. The molecule has 1 radical (unpaired) electrons. The number of rotatable bonds is 6. The second-order valence-electron chi connectivity index (χ2n) is 5.62. The Morgan fingerprint density at radius 3 is 1.27 bits per heavy atom. The molecule has 0 bridgehead atoms. The highest BCUT2D eigenvalue weighted by molar-refractivity contribution is 7.61. The fraction of sp³-hybridized carbons (Fsp3) is 0.333. The van der Waals surface area contributed by atoms with Gasteiger partial charge >= 0.3 is 0 Å². The summed E-state index contributed by atoms with van der Waals surface area (Å²) in [6, 6.07) is 14.9. The van der Waals surface area contributed by atoms with Crippen LogP contribution in [0, 0.1) is 0 Å². The topological polar surface area (TPSA) is 35.5 Å². The molecule has 0 atom stereocenters. The van der Waals surface area contributed by atoms with Crippen molar-refractivity contribution in [1.29, 1.82) is 0 Å². The molecule has 0 aliphatic carbocycles. The predicted octanol–water partition coefficient (Wildman–Crippen LogP) is 4.04. The van der Waals surface area contributed by atoms with Crippen LogP contribution < -0.4 is 20.1 Å². The molecule has 2 aromatic rings. The second kappa shape index (κ2) is 7.42. The van der Waals surface area contributed by atoms with Crippen LogP contribution in [0.2, 0.25) is 0 Å². The van der Waals surface area contributed by atoms with Crippen molar-refractivity contribution in [3.05, 3.63) is 48.5 Å². The third kappa shape index (κ3) is 4.57. The first-order valence-electron chi connectivity index (χ1n) is 7.46. The summed E-state index contributed by atoms with van der Waals surface area (Å²) < 4.78 is 23.8. The lowest BCUT2D eigenvalue weighted by atomic mass is 10.3. The van der Waals surface area contributed by atoms with E-state index in [2.05, 4.69) is 0 Å². The van der Waals surface area contributed by atoms with E-state index in [-0.39, 0.29) is 12.2 Å². The van der Waals surface area contributed by atoms with E-state index in [1.165, 1.54) is 0 Å². The van der Waals surface area contributed by atoms with E-state index in [9.17, 15) is 4.57 Å². The Morgan fingerprint density at radius 1 is 0.682 bits per heavy atom. The van der Waals surface area contributed by atoms with Gasteiger partial charge in [0.2, 0.25) is 0 Å². The van der Waals surface area contributed by atoms with Crippen molar-refractivity contribution < 1.29 is 14.0 Å². The predicted molar refractivity (Wildman–Crippen MR) is 91.3 cm³/mol. The summed E-state index contributed by atoms with van der Waals surface area (Å²) in [7, 11) is -1.60. The Balaban J connectivity index is 2.10. The van der Waals surface area contributed by atoms with Gasteiger partial charge in [0.15, 0.2) is 0 Å². The molecule has 0 spiro atoms. The minimum absolute atomic E-state index is 0.133. The fourth-order valence-electron chi connectivity index (χ4n) is 2.01. The molecule has 0 amide bonds. The zero-order chi connectivity index (χ0) is 16.1. The lowest BCUT2D eigenvalue weighted by Gasteiger charge is -2.11. The standard InChI is InChI=1S/C18H22O3P/c1-13(2)20-15-5-9-17(10-6-15)22(19)18-11-7-16(8-12-18)21-14(3)4/h5-14H,1-4H3. The number of ether oxygens (including phenoxy) is 2. The maximum absolute atomic E-state index is 12.6. The molecule has 2 aromatic carbocycles. The highest BCUT2D eigenvalue weighted by atomic mass is 31.1. The van der Waals surface area contributed by atoms with E-state index in [1.807, 2.05) is 76.2 Å². The zero-order valence-electron chi connectivity index (χ0n) is 13.4. The molecular formula is C18H22O3P. The van der Waals surface area contributed by atoms with Crippen LogP contribution in [0.3, 0.4) is 0 Å². The van der Waals surface area contributed by atoms with Crippen LogP contribution >= 0.6 is 7.80 Å². The maximum atomic E-state index is 12.6. The summed E-state index contributed by atoms with van der Waals surface area (Å²) in [6.45, 7) is 7.93. The molecule has 4 heteroatoms. The summed E-state index contributed by atoms with van der Waals surface area (Å²) in [5.41, 5.74) is 0. The van der Waals surface area contributed by atoms with Gasteiger partial charge in [0.25, 0.3) is 0 Å². The van der Waals surface area contributed by atoms with Crippen molar-refractivity contribution in [3.63, 3.8) is 0 Å². The number of benzene rings is 2. The van der Waals surface area contributed by atoms with Gasteiger partial charge in [0.1, 0.15) is 19.3 Å². The van der Waals surface area contributed by atoms with Crippen molar-refractivity contribution >= 4 is 18.4 Å². The van der Waals surface area contributed by atoms with E-state index in [4.69, 9.17) is 9.47 Å². The summed E-state index contributed by atoms with van der Waals surface area (Å²) in [5.74, 6) is 1.59. The van der Waals surface area contributed by atoms with Crippen LogP contribution in [-0.2, 0) is 4.57 Å². The molecule has 3 nitrogen and oxygen atoms in total. The Kier molecular flexibility index (Phi) is 5.57. The molecule has 117 valence electrons. The van der Waals surface area contributed by atoms with Crippen LogP contribution in [0.25, 0.3) is 0 Å². The van der Waals surface area contributed by atoms with Gasteiger partial charge in [-0.05, 0) is 76.2 Å². The SMILES string of the molecule is CC(C)Oc1ccc([P](=O)c2ccc(OC(C)C)cc2)cc1. The highest BCUT2D eigenvalue weighted by Crippen LogP contribution is 2.23. The average molecular weight is 317 g/mol. The lowest BCUT2D eigenvalue weighted by Crippen LogP contribution is -2.09. The van der Waals surface area contributed by atoms with Crippen LogP contribution in [-0.4, -0.2) is 12.2 Å². The third-order valence-corrected chi connectivity index (χ3v) is 4.42. The first-order valence-corrected chi connectivity index (χ1v) is 8.72. The van der Waals surface area contributed by atoms with Gasteiger partial charge in [-0.15, -0.1) is 0 Å². The second-order valence-corrected chi connectivity index (χ2v) is 7.24. The molecule has 0 aliphatic heterocycles. The first-order chi connectivity index (χ1) is 10.5. The Hall–Kier alpha value is -1.86. The monoisotopic (exact) mass is 317 g/mol. The molecule has 0 fully saturated rings. The minimum Gasteiger partial charge on any atom is -0.491 e. The van der Waals surface area contributed by atoms with Gasteiger partial charge in [-0.25, -0.2) is 0 Å². The van der Waals surface area contributed by atoms with E-state index in [0.29, 0.717) is 0 Å². The molecule has 0 heterocycles. The van der Waals surface area contributed by atoms with Gasteiger partial charge in [-0.1, -0.05) is 0 Å². The molecule has 0 unspecified atom stereocenters. The highest BCUT2D eigenvalue weighted by Gasteiger charge is 2.09. The third-order valence-electron chi connectivity index (χ3n) is 2.89. The molecule has 0 saturated heterocycles. The molecule has 0 aromatic heterocycles. The fourth-order valence-corrected chi connectivity index (χ4v) is 3.15. The maximum Gasteiger partial charge on any atom is 0.136 e. The first kappa shape index (κ1) is 16.5. The smallest absolute Gasteiger partial charge is 0.136 e. The van der Waals surface area contributed by atoms with Gasteiger partial charge in [-0.2, -0.15) is 0 Å². The van der Waals surface area contributed by atoms with Crippen LogP contribution in [0.15, 0.2) is 48.5 Å². The van der Waals surface area contributed by atoms with E-state index in [1.54, 1.807) is 0 Å². The van der Waals surface area contributed by atoms with E-state index in [0.717, 1.165) is 22.1 Å². The van der Waals surface area contributed by atoms with Gasteiger partial charge in [-0.3, -0.25) is 4.57 Å². The number of hydrogen-bond acceptors (Lipinski definition) is 3. The molecule has 2 rings (SSSR count). The van der Waals surface area contributed by atoms with Crippen molar-refractivity contribution in [2.24, 2.45) is 0 Å². The van der Waals surface area contributed by atoms with Gasteiger partial charge in [0.05, 0.1) is 12.2 Å². The van der Waals surface area contributed by atoms with Gasteiger partial charge < -0.3 is 9.47 Å². The summed E-state index contributed by atoms with van der Waals surface area (Å²) in [5, 5.41) is 1.59. The van der Waals surface area contributed by atoms with Crippen LogP contribution in [0.1, 0.15) is 27.7 Å². The average Bonchev–Trinajstić information content (AvgIpc) is 2.47. The van der Waals surface area contributed by atoms with Gasteiger partial charge in [0, 0.05) is 10.6 Å². The van der Waals surface area contributed by atoms with Crippen molar-refractivity contribution in [2.45, 2.75) is 39.9 Å². The van der Waals surface area contributed by atoms with E-state index < -0.39 is 7.80 Å². The Bertz CT molecular complexity index is 560. The summed E-state index contributed by atoms with van der Waals surface area (Å²) in [6.07, 6.45) is 0.265. The van der Waals surface area contributed by atoms with Crippen LogP contribution in [0.5, 0.6) is 11.5 Å². The van der Waals surface area contributed by atoms with Crippen molar-refractivity contribution in [3.8, 4) is 11.5 Å². The largest absolute Gasteiger partial charge is 0.491 e. The summed E-state index contributed by atoms with van der Waals surface area (Å²) in [4.78, 5) is 0. The summed E-state index contributed by atoms with van der Waals surface area (Å²) >= 11 is 0. The minimum atomic E-state index is -1.60. The zero-order valence-corrected chi connectivity index (χ0v) is 14.3. The van der Waals surface area contributed by atoms with E-state index >= 15 is 0 Å². The Morgan fingerprint density at radius 2 is 1.00 bits per heavy atom. The molecule has 0 aliphatic rings. The molecule has 0 saturated carbocycles. The molecule has 22 heavy (non-hydrogen) atoms. The van der Waals surface area contributed by atoms with Crippen molar-refractivity contribution in [1.82, 2.24) is 0 Å². The molecular weight excluding hydrogens is 295 g/mol. The Labute approximate surface area is 133 Å². The lowest BCUT2D eigenvalue weighted by molar-refractivity contribution is 0.242. The molecule has 0 N–H and O–H groups in total.